The van der Waals surface area contributed by atoms with Crippen molar-refractivity contribution in [3.05, 3.63) is 95.1 Å². The minimum atomic E-state index is -1.08. The molecule has 5 rings (SSSR count). The number of carbonyl (C=O) groups excluding carboxylic acids is 2. The summed E-state index contributed by atoms with van der Waals surface area (Å²) in [5.41, 5.74) is 1.84. The van der Waals surface area contributed by atoms with Crippen molar-refractivity contribution in [1.29, 1.82) is 0 Å². The number of likely N-dealkylation sites (tertiary alicyclic amines) is 1. The van der Waals surface area contributed by atoms with Crippen molar-refractivity contribution in [3.8, 4) is 5.75 Å². The van der Waals surface area contributed by atoms with E-state index >= 15 is 0 Å². The number of ether oxygens (including phenoxy) is 1. The summed E-state index contributed by atoms with van der Waals surface area (Å²) in [7, 11) is 1.60. The molecule has 1 saturated heterocycles. The van der Waals surface area contributed by atoms with Gasteiger partial charge in [0, 0.05) is 49.6 Å². The van der Waals surface area contributed by atoms with Gasteiger partial charge in [-0.2, -0.15) is 0 Å². The van der Waals surface area contributed by atoms with Gasteiger partial charge in [-0.1, -0.05) is 24.3 Å². The Bertz CT molecular complexity index is 1180. The average Bonchev–Trinajstić information content (AvgIpc) is 3.27. The highest BCUT2D eigenvalue weighted by Crippen LogP contribution is 2.47. The number of amides is 2. The van der Waals surface area contributed by atoms with E-state index < -0.39 is 5.54 Å². The van der Waals surface area contributed by atoms with Crippen LogP contribution >= 0.6 is 0 Å². The Hall–Kier alpha value is -3.74. The van der Waals surface area contributed by atoms with Gasteiger partial charge in [0.25, 0.3) is 11.8 Å². The molecule has 0 radical (unpaired) electrons. The summed E-state index contributed by atoms with van der Waals surface area (Å²) in [6.45, 7) is 1.16. The Morgan fingerprint density at radius 2 is 1.69 bits per heavy atom. The fourth-order valence-electron chi connectivity index (χ4n) is 4.72. The number of benzene rings is 2. The van der Waals surface area contributed by atoms with Crippen LogP contribution < -0.4 is 4.74 Å². The van der Waals surface area contributed by atoms with E-state index in [1.165, 1.54) is 12.1 Å². The number of methoxy groups -OCH3 is 1. The van der Waals surface area contributed by atoms with Crippen molar-refractivity contribution < 1.29 is 18.7 Å². The smallest absolute Gasteiger partial charge is 0.255 e. The third kappa shape index (κ3) is 3.12. The molecule has 3 heterocycles. The molecule has 0 bridgehead atoms. The van der Waals surface area contributed by atoms with Crippen LogP contribution in [0.2, 0.25) is 0 Å². The van der Waals surface area contributed by atoms with E-state index in [1.54, 1.807) is 47.5 Å². The maximum absolute atomic E-state index is 13.8. The van der Waals surface area contributed by atoms with Crippen LogP contribution in [0.25, 0.3) is 0 Å². The van der Waals surface area contributed by atoms with Crippen LogP contribution in [0.4, 0.5) is 4.39 Å². The van der Waals surface area contributed by atoms with Crippen molar-refractivity contribution >= 4 is 11.8 Å². The molecule has 1 fully saturated rings. The van der Waals surface area contributed by atoms with Crippen molar-refractivity contribution in [1.82, 2.24) is 14.8 Å². The first-order valence-electron chi connectivity index (χ1n) is 10.5. The molecule has 3 aromatic rings. The zero-order valence-electron chi connectivity index (χ0n) is 17.6. The molecule has 2 amide bonds. The van der Waals surface area contributed by atoms with Crippen molar-refractivity contribution in [3.63, 3.8) is 0 Å². The standard InChI is InChI=1S/C25H22FN3O3/c1-32-20-8-4-18(5-9-20)16-29-23(30)21-10-12-27-14-22(21)25(29)11-13-28(24(25)31)15-17-2-6-19(26)7-3-17/h2-10,12,14H,11,13,15-16H2,1H3. The van der Waals surface area contributed by atoms with Gasteiger partial charge in [0.05, 0.1) is 7.11 Å². The normalized spacial score (nSPS) is 19.7. The third-order valence-electron chi connectivity index (χ3n) is 6.37. The molecular weight excluding hydrogens is 409 g/mol. The van der Waals surface area contributed by atoms with Gasteiger partial charge in [-0.3, -0.25) is 14.6 Å². The Balaban J connectivity index is 1.50. The molecule has 2 aliphatic rings. The highest BCUT2D eigenvalue weighted by molar-refractivity contribution is 6.07. The molecule has 0 N–H and O–H groups in total. The Kier molecular flexibility index (Phi) is 4.89. The number of rotatable bonds is 5. The molecule has 32 heavy (non-hydrogen) atoms. The first-order valence-corrected chi connectivity index (χ1v) is 10.5. The molecule has 7 heteroatoms. The van der Waals surface area contributed by atoms with E-state index in [0.717, 1.165) is 16.9 Å². The first kappa shape index (κ1) is 20.2. The minimum absolute atomic E-state index is 0.129. The van der Waals surface area contributed by atoms with Crippen molar-refractivity contribution in [2.45, 2.75) is 25.0 Å². The second-order valence-corrected chi connectivity index (χ2v) is 8.12. The maximum Gasteiger partial charge on any atom is 0.255 e. The molecule has 2 aromatic carbocycles. The molecule has 6 nitrogen and oxygen atoms in total. The van der Waals surface area contributed by atoms with Crippen LogP contribution in [0.3, 0.4) is 0 Å². The van der Waals surface area contributed by atoms with Gasteiger partial charge in [0.1, 0.15) is 11.6 Å². The first-order chi connectivity index (χ1) is 15.5. The minimum Gasteiger partial charge on any atom is -0.497 e. The number of hydrogen-bond acceptors (Lipinski definition) is 4. The van der Waals surface area contributed by atoms with Crippen LogP contribution in [0.5, 0.6) is 5.75 Å². The zero-order chi connectivity index (χ0) is 22.3. The summed E-state index contributed by atoms with van der Waals surface area (Å²) in [5.74, 6) is 0.113. The highest BCUT2D eigenvalue weighted by atomic mass is 19.1. The zero-order valence-corrected chi connectivity index (χ0v) is 17.6. The Morgan fingerprint density at radius 1 is 1.00 bits per heavy atom. The van der Waals surface area contributed by atoms with Gasteiger partial charge in [-0.25, -0.2) is 4.39 Å². The highest BCUT2D eigenvalue weighted by Gasteiger charge is 2.59. The summed E-state index contributed by atoms with van der Waals surface area (Å²) < 4.78 is 18.5. The molecule has 1 unspecified atom stereocenters. The lowest BCUT2D eigenvalue weighted by Gasteiger charge is -2.34. The van der Waals surface area contributed by atoms with E-state index in [4.69, 9.17) is 4.74 Å². The van der Waals surface area contributed by atoms with Gasteiger partial charge in [-0.05, 0) is 41.5 Å². The Morgan fingerprint density at radius 3 is 2.41 bits per heavy atom. The van der Waals surface area contributed by atoms with E-state index in [0.29, 0.717) is 37.2 Å². The molecule has 0 aliphatic carbocycles. The van der Waals surface area contributed by atoms with Gasteiger partial charge < -0.3 is 14.5 Å². The fraction of sp³-hybridized carbons (Fsp3) is 0.240. The van der Waals surface area contributed by atoms with Crippen LogP contribution in [0.1, 0.15) is 33.5 Å². The predicted molar refractivity (Wildman–Crippen MR) is 115 cm³/mol. The van der Waals surface area contributed by atoms with Crippen LogP contribution in [0.15, 0.2) is 67.0 Å². The molecule has 162 valence electrons. The maximum atomic E-state index is 13.8. The summed E-state index contributed by atoms with van der Waals surface area (Å²) >= 11 is 0. The summed E-state index contributed by atoms with van der Waals surface area (Å²) in [4.78, 5) is 34.8. The van der Waals surface area contributed by atoms with Gasteiger partial charge in [0.15, 0.2) is 5.54 Å². The van der Waals surface area contributed by atoms with E-state index in [1.807, 2.05) is 24.3 Å². The average molecular weight is 431 g/mol. The fourth-order valence-corrected chi connectivity index (χ4v) is 4.72. The summed E-state index contributed by atoms with van der Waals surface area (Å²) in [6.07, 6.45) is 3.70. The second kappa shape index (κ2) is 7.75. The van der Waals surface area contributed by atoms with E-state index in [2.05, 4.69) is 4.98 Å². The van der Waals surface area contributed by atoms with Crippen LogP contribution in [-0.4, -0.2) is 40.3 Å². The number of pyridine rings is 1. The lowest BCUT2D eigenvalue weighted by molar-refractivity contribution is -0.137. The molecule has 2 aliphatic heterocycles. The molecule has 0 saturated carbocycles. The van der Waals surface area contributed by atoms with Crippen molar-refractivity contribution in [2.75, 3.05) is 13.7 Å². The van der Waals surface area contributed by atoms with Crippen molar-refractivity contribution in [2.24, 2.45) is 0 Å². The lowest BCUT2D eigenvalue weighted by Crippen LogP contribution is -2.49. The predicted octanol–water partition coefficient (Wildman–Crippen LogP) is 3.51. The van der Waals surface area contributed by atoms with E-state index in [9.17, 15) is 14.0 Å². The number of fused-ring (bicyclic) bond motifs is 2. The monoisotopic (exact) mass is 431 g/mol. The van der Waals surface area contributed by atoms with Gasteiger partial charge in [0.2, 0.25) is 0 Å². The van der Waals surface area contributed by atoms with Gasteiger partial charge >= 0.3 is 0 Å². The van der Waals surface area contributed by atoms with Crippen LogP contribution in [-0.2, 0) is 23.4 Å². The molecular formula is C25H22FN3O3. The number of halogens is 1. The summed E-state index contributed by atoms with van der Waals surface area (Å²) in [6, 6.07) is 15.3. The van der Waals surface area contributed by atoms with Crippen LogP contribution in [0, 0.1) is 5.82 Å². The second-order valence-electron chi connectivity index (χ2n) is 8.12. The number of hydrogen-bond donors (Lipinski definition) is 0. The molecule has 1 spiro atoms. The quantitative estimate of drug-likeness (QED) is 0.620. The Labute approximate surface area is 185 Å². The largest absolute Gasteiger partial charge is 0.497 e. The number of carbonyl (C=O) groups is 2. The van der Waals surface area contributed by atoms with Gasteiger partial charge in [-0.15, -0.1) is 0 Å². The molecule has 1 aromatic heterocycles. The van der Waals surface area contributed by atoms with E-state index in [-0.39, 0.29) is 17.6 Å². The SMILES string of the molecule is COc1ccc(CN2C(=O)c3ccncc3C23CCN(Cc2ccc(F)cc2)C3=O)cc1. The third-order valence-corrected chi connectivity index (χ3v) is 6.37. The topological polar surface area (TPSA) is 62.7 Å². The number of nitrogens with zero attached hydrogens (tertiary/aromatic N) is 3. The number of aromatic nitrogens is 1. The summed E-state index contributed by atoms with van der Waals surface area (Å²) in [5, 5.41) is 0. The lowest BCUT2D eigenvalue weighted by atomic mass is 9.89. The molecule has 1 atom stereocenters.